The second-order valence-corrected chi connectivity index (χ2v) is 6.74. The van der Waals surface area contributed by atoms with Crippen molar-refractivity contribution < 1.29 is 0 Å². The van der Waals surface area contributed by atoms with Crippen LogP contribution in [0.2, 0.25) is 0 Å². The first-order chi connectivity index (χ1) is 9.83. The Balaban J connectivity index is 1.54. The molecule has 0 aromatic heterocycles. The van der Waals surface area contributed by atoms with Crippen molar-refractivity contribution in [3.05, 3.63) is 29.8 Å². The van der Waals surface area contributed by atoms with Crippen molar-refractivity contribution in [2.75, 3.05) is 24.5 Å². The zero-order valence-electron chi connectivity index (χ0n) is 12.8. The van der Waals surface area contributed by atoms with Gasteiger partial charge >= 0.3 is 0 Å². The van der Waals surface area contributed by atoms with E-state index in [-0.39, 0.29) is 0 Å². The molecule has 1 aromatic rings. The minimum atomic E-state index is 0.906. The van der Waals surface area contributed by atoms with Crippen LogP contribution in [0.3, 0.4) is 0 Å². The molecule has 0 amide bonds. The molecule has 1 saturated heterocycles. The second-order valence-electron chi connectivity index (χ2n) is 6.74. The fraction of sp³-hybridized carbons (Fsp3) is 0.667. The maximum atomic E-state index is 3.70. The topological polar surface area (TPSA) is 15.3 Å². The SMILES string of the molecule is CC1CCC(CNCc2ccccc2N2CCCC2)C1. The summed E-state index contributed by atoms with van der Waals surface area (Å²) in [5.41, 5.74) is 2.93. The van der Waals surface area contributed by atoms with Crippen molar-refractivity contribution >= 4 is 5.69 Å². The van der Waals surface area contributed by atoms with Gasteiger partial charge in [0.25, 0.3) is 0 Å². The Bertz CT molecular complexity index is 423. The van der Waals surface area contributed by atoms with Crippen LogP contribution in [0.25, 0.3) is 0 Å². The lowest BCUT2D eigenvalue weighted by molar-refractivity contribution is 0.470. The number of hydrogen-bond acceptors (Lipinski definition) is 2. The van der Waals surface area contributed by atoms with Crippen LogP contribution < -0.4 is 10.2 Å². The summed E-state index contributed by atoms with van der Waals surface area (Å²) in [6.07, 6.45) is 6.96. The average molecular weight is 272 g/mol. The summed E-state index contributed by atoms with van der Waals surface area (Å²) >= 11 is 0. The van der Waals surface area contributed by atoms with Gasteiger partial charge < -0.3 is 10.2 Å². The minimum absolute atomic E-state index is 0.906. The van der Waals surface area contributed by atoms with Gasteiger partial charge in [-0.3, -0.25) is 0 Å². The maximum absolute atomic E-state index is 3.70. The molecule has 20 heavy (non-hydrogen) atoms. The van der Waals surface area contributed by atoms with E-state index in [4.69, 9.17) is 0 Å². The van der Waals surface area contributed by atoms with Crippen LogP contribution in [-0.4, -0.2) is 19.6 Å². The van der Waals surface area contributed by atoms with Crippen molar-refractivity contribution in [2.24, 2.45) is 11.8 Å². The molecule has 1 aliphatic heterocycles. The van der Waals surface area contributed by atoms with E-state index in [0.29, 0.717) is 0 Å². The molecular formula is C18H28N2. The summed E-state index contributed by atoms with van der Waals surface area (Å²) in [7, 11) is 0. The van der Waals surface area contributed by atoms with Crippen LogP contribution in [0.4, 0.5) is 5.69 Å². The predicted molar refractivity (Wildman–Crippen MR) is 86.1 cm³/mol. The minimum Gasteiger partial charge on any atom is -0.371 e. The smallest absolute Gasteiger partial charge is 0.0411 e. The van der Waals surface area contributed by atoms with E-state index in [1.54, 1.807) is 0 Å². The molecule has 2 atom stereocenters. The van der Waals surface area contributed by atoms with E-state index in [1.807, 2.05) is 0 Å². The lowest BCUT2D eigenvalue weighted by Gasteiger charge is -2.22. The Morgan fingerprint density at radius 2 is 1.95 bits per heavy atom. The maximum Gasteiger partial charge on any atom is 0.0411 e. The fourth-order valence-electron chi connectivity index (χ4n) is 3.85. The van der Waals surface area contributed by atoms with Gasteiger partial charge in [-0.05, 0) is 55.7 Å². The first-order valence-electron chi connectivity index (χ1n) is 8.36. The highest BCUT2D eigenvalue weighted by Gasteiger charge is 2.21. The molecule has 1 N–H and O–H groups in total. The number of rotatable bonds is 5. The Hall–Kier alpha value is -1.02. The van der Waals surface area contributed by atoms with Crippen molar-refractivity contribution in [3.63, 3.8) is 0 Å². The second kappa shape index (κ2) is 6.62. The molecule has 1 saturated carbocycles. The van der Waals surface area contributed by atoms with Gasteiger partial charge in [0.1, 0.15) is 0 Å². The standard InChI is InChI=1S/C18H28N2/c1-15-8-9-16(12-15)13-19-14-17-6-2-3-7-18(17)20-10-4-5-11-20/h2-3,6-7,15-16,19H,4-5,8-14H2,1H3. The molecule has 1 aromatic carbocycles. The van der Waals surface area contributed by atoms with E-state index in [1.165, 1.54) is 63.0 Å². The molecule has 3 rings (SSSR count). The highest BCUT2D eigenvalue weighted by Crippen LogP contribution is 2.30. The fourth-order valence-corrected chi connectivity index (χ4v) is 3.85. The molecule has 2 aliphatic rings. The third kappa shape index (κ3) is 3.35. The third-order valence-electron chi connectivity index (χ3n) is 4.99. The molecule has 2 nitrogen and oxygen atoms in total. The molecule has 0 radical (unpaired) electrons. The first kappa shape index (κ1) is 13.9. The molecule has 2 heteroatoms. The number of para-hydroxylation sites is 1. The zero-order chi connectivity index (χ0) is 13.8. The summed E-state index contributed by atoms with van der Waals surface area (Å²) in [6.45, 7) is 7.08. The largest absolute Gasteiger partial charge is 0.371 e. The van der Waals surface area contributed by atoms with Crippen molar-refractivity contribution in [1.29, 1.82) is 0 Å². The lowest BCUT2D eigenvalue weighted by Crippen LogP contribution is -2.24. The zero-order valence-corrected chi connectivity index (χ0v) is 12.8. The normalized spacial score (nSPS) is 26.4. The van der Waals surface area contributed by atoms with E-state index in [9.17, 15) is 0 Å². The number of nitrogens with one attached hydrogen (secondary N) is 1. The van der Waals surface area contributed by atoms with Crippen molar-refractivity contribution in [3.8, 4) is 0 Å². The quantitative estimate of drug-likeness (QED) is 0.877. The number of nitrogens with zero attached hydrogens (tertiary/aromatic N) is 1. The molecule has 0 bridgehead atoms. The Morgan fingerprint density at radius 3 is 2.70 bits per heavy atom. The van der Waals surface area contributed by atoms with Gasteiger partial charge in [0.15, 0.2) is 0 Å². The summed E-state index contributed by atoms with van der Waals surface area (Å²) in [5, 5.41) is 3.70. The number of hydrogen-bond donors (Lipinski definition) is 1. The van der Waals surface area contributed by atoms with Crippen LogP contribution in [-0.2, 0) is 6.54 Å². The van der Waals surface area contributed by atoms with Gasteiger partial charge in [0.2, 0.25) is 0 Å². The van der Waals surface area contributed by atoms with Gasteiger partial charge in [0, 0.05) is 25.3 Å². The third-order valence-corrected chi connectivity index (χ3v) is 4.99. The van der Waals surface area contributed by atoms with Gasteiger partial charge in [-0.15, -0.1) is 0 Å². The molecule has 1 heterocycles. The van der Waals surface area contributed by atoms with Crippen LogP contribution in [0.1, 0.15) is 44.6 Å². The van der Waals surface area contributed by atoms with Crippen LogP contribution in [0.15, 0.2) is 24.3 Å². The van der Waals surface area contributed by atoms with Gasteiger partial charge in [-0.2, -0.15) is 0 Å². The average Bonchev–Trinajstić information content (AvgIpc) is 3.11. The highest BCUT2D eigenvalue weighted by atomic mass is 15.1. The summed E-state index contributed by atoms with van der Waals surface area (Å²) in [5.74, 6) is 1.85. The van der Waals surface area contributed by atoms with Gasteiger partial charge in [0.05, 0.1) is 0 Å². The number of anilines is 1. The first-order valence-corrected chi connectivity index (χ1v) is 8.36. The van der Waals surface area contributed by atoms with E-state index < -0.39 is 0 Å². The molecule has 110 valence electrons. The van der Waals surface area contributed by atoms with Crippen LogP contribution in [0, 0.1) is 11.8 Å². The van der Waals surface area contributed by atoms with Gasteiger partial charge in [-0.25, -0.2) is 0 Å². The van der Waals surface area contributed by atoms with E-state index >= 15 is 0 Å². The summed E-state index contributed by atoms with van der Waals surface area (Å²) < 4.78 is 0. The van der Waals surface area contributed by atoms with E-state index in [2.05, 4.69) is 41.4 Å². The van der Waals surface area contributed by atoms with E-state index in [0.717, 1.165) is 18.4 Å². The van der Waals surface area contributed by atoms with Crippen molar-refractivity contribution in [1.82, 2.24) is 5.32 Å². The molecule has 2 fully saturated rings. The van der Waals surface area contributed by atoms with Gasteiger partial charge in [-0.1, -0.05) is 31.5 Å². The number of benzene rings is 1. The van der Waals surface area contributed by atoms with Crippen LogP contribution in [0.5, 0.6) is 0 Å². The highest BCUT2D eigenvalue weighted by molar-refractivity contribution is 5.54. The van der Waals surface area contributed by atoms with Crippen LogP contribution >= 0.6 is 0 Å². The monoisotopic (exact) mass is 272 g/mol. The summed E-state index contributed by atoms with van der Waals surface area (Å²) in [6, 6.07) is 8.93. The molecule has 0 spiro atoms. The Labute approximate surface area is 123 Å². The lowest BCUT2D eigenvalue weighted by atomic mass is 10.1. The molecular weight excluding hydrogens is 244 g/mol. The van der Waals surface area contributed by atoms with Crippen molar-refractivity contribution in [2.45, 2.75) is 45.6 Å². The Kier molecular flexibility index (Phi) is 4.62. The molecule has 1 aliphatic carbocycles. The Morgan fingerprint density at radius 1 is 1.15 bits per heavy atom. The molecule has 2 unspecified atom stereocenters. The predicted octanol–water partition coefficient (Wildman–Crippen LogP) is 3.81. The summed E-state index contributed by atoms with van der Waals surface area (Å²) in [4.78, 5) is 2.55.